The van der Waals surface area contributed by atoms with E-state index in [0.29, 0.717) is 25.6 Å². The van der Waals surface area contributed by atoms with Gasteiger partial charge in [-0.05, 0) is 25.3 Å². The molecule has 0 heterocycles. The number of nitrogens with one attached hydrogen (secondary N) is 2. The quantitative estimate of drug-likeness (QED) is 0.716. The van der Waals surface area contributed by atoms with Gasteiger partial charge in [0.2, 0.25) is 0 Å². The van der Waals surface area contributed by atoms with Gasteiger partial charge in [-0.1, -0.05) is 30.3 Å². The molecule has 2 N–H and O–H groups in total. The van der Waals surface area contributed by atoms with Crippen LogP contribution in [0.15, 0.2) is 30.3 Å². The largest absolute Gasteiger partial charge is 0.466 e. The van der Waals surface area contributed by atoms with Gasteiger partial charge in [0.05, 0.1) is 13.0 Å². The van der Waals surface area contributed by atoms with Crippen LogP contribution < -0.4 is 10.6 Å². The second-order valence-corrected chi connectivity index (χ2v) is 5.58. The Labute approximate surface area is 136 Å². The predicted octanol–water partition coefficient (Wildman–Crippen LogP) is 1.99. The fourth-order valence-electron chi connectivity index (χ4n) is 2.45. The SMILES string of the molecule is CCOC(=O)CCNC1CC(NC(=O)OCc2ccccc2)C1. The van der Waals surface area contributed by atoms with Crippen molar-refractivity contribution in [2.45, 2.75) is 44.9 Å². The van der Waals surface area contributed by atoms with Gasteiger partial charge in [0.15, 0.2) is 0 Å². The first kappa shape index (κ1) is 17.3. The molecule has 1 aliphatic carbocycles. The molecule has 1 saturated carbocycles. The molecular formula is C17H24N2O4. The van der Waals surface area contributed by atoms with E-state index >= 15 is 0 Å². The van der Waals surface area contributed by atoms with Crippen LogP contribution in [-0.4, -0.2) is 37.3 Å². The average Bonchev–Trinajstić information content (AvgIpc) is 2.51. The summed E-state index contributed by atoms with van der Waals surface area (Å²) < 4.78 is 10.0. The van der Waals surface area contributed by atoms with Gasteiger partial charge in [0.25, 0.3) is 0 Å². The number of carbonyl (C=O) groups excluding carboxylic acids is 2. The summed E-state index contributed by atoms with van der Waals surface area (Å²) in [5.74, 6) is -0.182. The fourth-order valence-corrected chi connectivity index (χ4v) is 2.45. The lowest BCUT2D eigenvalue weighted by Crippen LogP contribution is -2.52. The molecule has 1 amide bonds. The van der Waals surface area contributed by atoms with Gasteiger partial charge in [0, 0.05) is 18.6 Å². The summed E-state index contributed by atoms with van der Waals surface area (Å²) in [5.41, 5.74) is 0.967. The van der Waals surface area contributed by atoms with Crippen LogP contribution >= 0.6 is 0 Å². The molecular weight excluding hydrogens is 296 g/mol. The molecule has 23 heavy (non-hydrogen) atoms. The minimum absolute atomic E-state index is 0.137. The van der Waals surface area contributed by atoms with Gasteiger partial charge >= 0.3 is 12.1 Å². The smallest absolute Gasteiger partial charge is 0.407 e. The molecule has 0 aliphatic heterocycles. The molecule has 6 heteroatoms. The van der Waals surface area contributed by atoms with Crippen LogP contribution in [0.5, 0.6) is 0 Å². The Hall–Kier alpha value is -2.08. The van der Waals surface area contributed by atoms with E-state index in [1.807, 2.05) is 30.3 Å². The summed E-state index contributed by atoms with van der Waals surface area (Å²) in [4.78, 5) is 22.9. The highest BCUT2D eigenvalue weighted by atomic mass is 16.5. The van der Waals surface area contributed by atoms with Crippen LogP contribution in [0.2, 0.25) is 0 Å². The normalized spacial score (nSPS) is 19.5. The van der Waals surface area contributed by atoms with Crippen LogP contribution in [0.1, 0.15) is 31.7 Å². The number of hydrogen-bond acceptors (Lipinski definition) is 5. The van der Waals surface area contributed by atoms with E-state index < -0.39 is 0 Å². The molecule has 0 spiro atoms. The van der Waals surface area contributed by atoms with E-state index in [0.717, 1.165) is 18.4 Å². The fraction of sp³-hybridized carbons (Fsp3) is 0.529. The van der Waals surface area contributed by atoms with E-state index in [2.05, 4.69) is 10.6 Å². The highest BCUT2D eigenvalue weighted by Gasteiger charge is 2.30. The number of carbonyl (C=O) groups is 2. The predicted molar refractivity (Wildman–Crippen MR) is 85.8 cm³/mol. The van der Waals surface area contributed by atoms with Crippen molar-refractivity contribution in [3.8, 4) is 0 Å². The van der Waals surface area contributed by atoms with E-state index in [1.165, 1.54) is 0 Å². The van der Waals surface area contributed by atoms with Crippen LogP contribution in [-0.2, 0) is 20.9 Å². The lowest BCUT2D eigenvalue weighted by atomic mass is 9.87. The number of esters is 1. The Kier molecular flexibility index (Phi) is 6.87. The molecule has 6 nitrogen and oxygen atoms in total. The highest BCUT2D eigenvalue weighted by molar-refractivity contribution is 5.69. The van der Waals surface area contributed by atoms with Crippen molar-refractivity contribution in [2.24, 2.45) is 0 Å². The Morgan fingerprint density at radius 3 is 2.57 bits per heavy atom. The maximum absolute atomic E-state index is 11.7. The van der Waals surface area contributed by atoms with Gasteiger partial charge < -0.3 is 20.1 Å². The lowest BCUT2D eigenvalue weighted by Gasteiger charge is -2.36. The monoisotopic (exact) mass is 320 g/mol. The average molecular weight is 320 g/mol. The number of rotatable bonds is 8. The maximum Gasteiger partial charge on any atom is 0.407 e. The minimum Gasteiger partial charge on any atom is -0.466 e. The molecule has 0 aromatic heterocycles. The first-order valence-corrected chi connectivity index (χ1v) is 8.03. The standard InChI is InChI=1S/C17H24N2O4/c1-2-22-16(20)8-9-18-14-10-15(11-14)19-17(21)23-12-13-6-4-3-5-7-13/h3-7,14-15,18H,2,8-12H2,1H3,(H,19,21). The Bertz CT molecular complexity index is 501. The molecule has 1 aromatic rings. The van der Waals surface area contributed by atoms with E-state index in [1.54, 1.807) is 6.92 Å². The van der Waals surface area contributed by atoms with Crippen LogP contribution in [0.3, 0.4) is 0 Å². The van der Waals surface area contributed by atoms with Crippen LogP contribution in [0.4, 0.5) is 4.79 Å². The number of amides is 1. The zero-order chi connectivity index (χ0) is 16.5. The maximum atomic E-state index is 11.7. The number of alkyl carbamates (subject to hydrolysis) is 1. The van der Waals surface area contributed by atoms with Crippen molar-refractivity contribution >= 4 is 12.1 Å². The molecule has 1 aromatic carbocycles. The number of benzene rings is 1. The Morgan fingerprint density at radius 2 is 1.87 bits per heavy atom. The first-order valence-electron chi connectivity index (χ1n) is 8.03. The zero-order valence-corrected chi connectivity index (χ0v) is 13.4. The van der Waals surface area contributed by atoms with Crippen LogP contribution in [0, 0.1) is 0 Å². The molecule has 2 rings (SSSR count). The molecule has 1 fully saturated rings. The van der Waals surface area contributed by atoms with Crippen molar-refractivity contribution < 1.29 is 19.1 Å². The Morgan fingerprint density at radius 1 is 1.13 bits per heavy atom. The van der Waals surface area contributed by atoms with Crippen molar-refractivity contribution in [1.82, 2.24) is 10.6 Å². The molecule has 0 radical (unpaired) electrons. The molecule has 0 bridgehead atoms. The second kappa shape index (κ2) is 9.15. The number of ether oxygens (including phenoxy) is 2. The van der Waals surface area contributed by atoms with Gasteiger partial charge in [-0.3, -0.25) is 4.79 Å². The lowest BCUT2D eigenvalue weighted by molar-refractivity contribution is -0.143. The number of hydrogen-bond donors (Lipinski definition) is 2. The van der Waals surface area contributed by atoms with Gasteiger partial charge in [0.1, 0.15) is 6.61 Å². The summed E-state index contributed by atoms with van der Waals surface area (Å²) in [6.45, 7) is 3.10. The van der Waals surface area contributed by atoms with Gasteiger partial charge in [-0.15, -0.1) is 0 Å². The first-order chi connectivity index (χ1) is 11.2. The van der Waals surface area contributed by atoms with E-state index in [4.69, 9.17) is 9.47 Å². The van der Waals surface area contributed by atoms with Crippen LogP contribution in [0.25, 0.3) is 0 Å². The second-order valence-electron chi connectivity index (χ2n) is 5.58. The van der Waals surface area contributed by atoms with Gasteiger partial charge in [-0.25, -0.2) is 4.79 Å². The van der Waals surface area contributed by atoms with Crippen molar-refractivity contribution in [1.29, 1.82) is 0 Å². The third kappa shape index (κ3) is 6.28. The minimum atomic E-state index is -0.385. The third-order valence-electron chi connectivity index (χ3n) is 3.74. The molecule has 1 aliphatic rings. The molecule has 0 unspecified atom stereocenters. The van der Waals surface area contributed by atoms with Crippen molar-refractivity contribution in [3.63, 3.8) is 0 Å². The summed E-state index contributed by atoms with van der Waals surface area (Å²) in [7, 11) is 0. The van der Waals surface area contributed by atoms with E-state index in [-0.39, 0.29) is 24.7 Å². The van der Waals surface area contributed by atoms with Crippen molar-refractivity contribution in [2.75, 3.05) is 13.2 Å². The topological polar surface area (TPSA) is 76.7 Å². The zero-order valence-electron chi connectivity index (χ0n) is 13.4. The Balaban J connectivity index is 1.52. The summed E-state index contributed by atoms with van der Waals surface area (Å²) >= 11 is 0. The molecule has 0 atom stereocenters. The molecule has 0 saturated heterocycles. The van der Waals surface area contributed by atoms with Gasteiger partial charge in [-0.2, -0.15) is 0 Å². The summed E-state index contributed by atoms with van der Waals surface area (Å²) in [6.07, 6.45) is 1.69. The third-order valence-corrected chi connectivity index (χ3v) is 3.74. The molecule has 126 valence electrons. The van der Waals surface area contributed by atoms with E-state index in [9.17, 15) is 9.59 Å². The summed E-state index contributed by atoms with van der Waals surface area (Å²) in [6, 6.07) is 10.1. The summed E-state index contributed by atoms with van der Waals surface area (Å²) in [5, 5.41) is 6.12. The highest BCUT2D eigenvalue weighted by Crippen LogP contribution is 2.20. The van der Waals surface area contributed by atoms with Crippen molar-refractivity contribution in [3.05, 3.63) is 35.9 Å².